The average Bonchev–Trinajstić information content (AvgIpc) is 2.35. The van der Waals surface area contributed by atoms with E-state index in [-0.39, 0.29) is 0 Å². The monoisotopic (exact) mass is 238 g/mol. The molecule has 0 aliphatic heterocycles. The smallest absolute Gasteiger partial charge is 0.0317 e. The fourth-order valence-corrected chi connectivity index (χ4v) is 2.03. The van der Waals surface area contributed by atoms with Crippen molar-refractivity contribution >= 4 is 11.8 Å². The first-order valence-corrected chi connectivity index (χ1v) is 6.90. The Morgan fingerprint density at radius 2 is 1.94 bits per heavy atom. The summed E-state index contributed by atoms with van der Waals surface area (Å²) in [6, 6.07) is 9.33. The van der Waals surface area contributed by atoms with Gasteiger partial charge in [0.05, 0.1) is 0 Å². The van der Waals surface area contributed by atoms with Crippen LogP contribution < -0.4 is 5.32 Å². The summed E-state index contributed by atoms with van der Waals surface area (Å²) in [5.74, 6) is 0. The maximum atomic E-state index is 3.18. The lowest BCUT2D eigenvalue weighted by Gasteiger charge is -2.25. The Bertz CT molecular complexity index is 297. The predicted molar refractivity (Wildman–Crippen MR) is 73.2 cm³/mol. The summed E-state index contributed by atoms with van der Waals surface area (Å²) < 4.78 is 0. The number of rotatable bonds is 6. The van der Waals surface area contributed by atoms with E-state index in [1.807, 2.05) is 7.05 Å². The van der Waals surface area contributed by atoms with Crippen LogP contribution in [0.25, 0.3) is 0 Å². The van der Waals surface area contributed by atoms with Crippen LogP contribution in [0.2, 0.25) is 0 Å². The number of benzene rings is 1. The highest BCUT2D eigenvalue weighted by Crippen LogP contribution is 2.21. The second-order valence-electron chi connectivity index (χ2n) is 4.03. The van der Waals surface area contributed by atoms with E-state index in [0.29, 0.717) is 6.04 Å². The van der Waals surface area contributed by atoms with Gasteiger partial charge in [0.1, 0.15) is 0 Å². The molecule has 0 spiro atoms. The maximum Gasteiger partial charge on any atom is 0.0317 e. The molecule has 0 aliphatic rings. The molecule has 1 unspecified atom stereocenters. The normalized spacial score (nSPS) is 13.1. The van der Waals surface area contributed by atoms with Gasteiger partial charge in [-0.05, 0) is 45.0 Å². The van der Waals surface area contributed by atoms with Crippen molar-refractivity contribution in [2.24, 2.45) is 0 Å². The van der Waals surface area contributed by atoms with Crippen molar-refractivity contribution < 1.29 is 0 Å². The minimum atomic E-state index is 0.476. The van der Waals surface area contributed by atoms with Gasteiger partial charge in [-0.1, -0.05) is 12.1 Å². The van der Waals surface area contributed by atoms with Crippen molar-refractivity contribution in [1.82, 2.24) is 10.2 Å². The molecule has 1 N–H and O–H groups in total. The van der Waals surface area contributed by atoms with E-state index in [1.165, 1.54) is 10.5 Å². The van der Waals surface area contributed by atoms with E-state index in [2.05, 4.69) is 54.7 Å². The van der Waals surface area contributed by atoms with Crippen molar-refractivity contribution in [2.45, 2.75) is 17.9 Å². The van der Waals surface area contributed by atoms with E-state index in [0.717, 1.165) is 13.1 Å². The third kappa shape index (κ3) is 3.81. The van der Waals surface area contributed by atoms with Gasteiger partial charge in [-0.2, -0.15) is 0 Å². The van der Waals surface area contributed by atoms with Gasteiger partial charge < -0.3 is 5.32 Å². The molecule has 0 saturated heterocycles. The molecule has 16 heavy (non-hydrogen) atoms. The standard InChI is InChI=1S/C13H22N2S/c1-11(15(3)10-9-14-2)12-5-7-13(16-4)8-6-12/h5-8,11,14H,9-10H2,1-4H3. The van der Waals surface area contributed by atoms with Crippen LogP contribution in [-0.2, 0) is 0 Å². The second-order valence-corrected chi connectivity index (χ2v) is 4.91. The summed E-state index contributed by atoms with van der Waals surface area (Å²) in [6.07, 6.45) is 2.11. The van der Waals surface area contributed by atoms with E-state index in [1.54, 1.807) is 11.8 Å². The molecular weight excluding hydrogens is 216 g/mol. The van der Waals surface area contributed by atoms with Gasteiger partial charge >= 0.3 is 0 Å². The summed E-state index contributed by atoms with van der Waals surface area (Å²) in [5, 5.41) is 3.18. The van der Waals surface area contributed by atoms with Crippen LogP contribution in [0.5, 0.6) is 0 Å². The quantitative estimate of drug-likeness (QED) is 0.767. The van der Waals surface area contributed by atoms with Gasteiger partial charge in [-0.3, -0.25) is 4.90 Å². The highest BCUT2D eigenvalue weighted by atomic mass is 32.2. The molecule has 2 nitrogen and oxygen atoms in total. The molecule has 1 aromatic rings. The number of hydrogen-bond acceptors (Lipinski definition) is 3. The summed E-state index contributed by atoms with van der Waals surface area (Å²) in [7, 11) is 4.16. The topological polar surface area (TPSA) is 15.3 Å². The van der Waals surface area contributed by atoms with Crippen LogP contribution in [0.4, 0.5) is 0 Å². The SMILES string of the molecule is CNCCN(C)C(C)c1ccc(SC)cc1. The third-order valence-electron chi connectivity index (χ3n) is 2.97. The Morgan fingerprint density at radius 1 is 1.31 bits per heavy atom. The van der Waals surface area contributed by atoms with Crippen LogP contribution in [-0.4, -0.2) is 38.3 Å². The van der Waals surface area contributed by atoms with Crippen molar-refractivity contribution in [3.8, 4) is 0 Å². The summed E-state index contributed by atoms with van der Waals surface area (Å²) in [6.45, 7) is 4.36. The lowest BCUT2D eigenvalue weighted by molar-refractivity contribution is 0.263. The van der Waals surface area contributed by atoms with Gasteiger partial charge in [-0.25, -0.2) is 0 Å². The van der Waals surface area contributed by atoms with Gasteiger partial charge in [0.2, 0.25) is 0 Å². The largest absolute Gasteiger partial charge is 0.318 e. The molecule has 1 rings (SSSR count). The second kappa shape index (κ2) is 6.94. The zero-order chi connectivity index (χ0) is 12.0. The summed E-state index contributed by atoms with van der Waals surface area (Å²) in [5.41, 5.74) is 1.39. The molecule has 1 atom stereocenters. The van der Waals surface area contributed by atoms with Crippen molar-refractivity contribution in [3.63, 3.8) is 0 Å². The lowest BCUT2D eigenvalue weighted by Crippen LogP contribution is -2.29. The van der Waals surface area contributed by atoms with E-state index < -0.39 is 0 Å². The number of thioether (sulfide) groups is 1. The summed E-state index contributed by atoms with van der Waals surface area (Å²) >= 11 is 1.79. The van der Waals surface area contributed by atoms with Crippen molar-refractivity contribution in [3.05, 3.63) is 29.8 Å². The van der Waals surface area contributed by atoms with Gasteiger partial charge in [0.25, 0.3) is 0 Å². The zero-order valence-corrected chi connectivity index (χ0v) is 11.5. The summed E-state index contributed by atoms with van der Waals surface area (Å²) in [4.78, 5) is 3.69. The zero-order valence-electron chi connectivity index (χ0n) is 10.7. The molecule has 0 bridgehead atoms. The van der Waals surface area contributed by atoms with E-state index in [9.17, 15) is 0 Å². The molecule has 0 saturated carbocycles. The Labute approximate surface area is 103 Å². The van der Waals surface area contributed by atoms with Crippen molar-refractivity contribution in [1.29, 1.82) is 0 Å². The fraction of sp³-hybridized carbons (Fsp3) is 0.538. The molecule has 0 radical (unpaired) electrons. The Balaban J connectivity index is 2.60. The maximum absolute atomic E-state index is 3.18. The third-order valence-corrected chi connectivity index (χ3v) is 3.72. The Kier molecular flexibility index (Phi) is 5.88. The van der Waals surface area contributed by atoms with E-state index >= 15 is 0 Å². The molecule has 0 amide bonds. The average molecular weight is 238 g/mol. The number of hydrogen-bond donors (Lipinski definition) is 1. The molecule has 0 fully saturated rings. The molecule has 90 valence electrons. The lowest BCUT2D eigenvalue weighted by atomic mass is 10.1. The van der Waals surface area contributed by atoms with Crippen molar-refractivity contribution in [2.75, 3.05) is 33.4 Å². The molecule has 0 aromatic heterocycles. The van der Waals surface area contributed by atoms with Gasteiger partial charge in [0.15, 0.2) is 0 Å². The molecule has 0 heterocycles. The number of nitrogens with one attached hydrogen (secondary N) is 1. The van der Waals surface area contributed by atoms with Gasteiger partial charge in [-0.15, -0.1) is 11.8 Å². The minimum Gasteiger partial charge on any atom is -0.318 e. The molecular formula is C13H22N2S. The first-order valence-electron chi connectivity index (χ1n) is 5.67. The highest BCUT2D eigenvalue weighted by Gasteiger charge is 2.10. The first-order chi connectivity index (χ1) is 7.69. The first kappa shape index (κ1) is 13.6. The Morgan fingerprint density at radius 3 is 2.44 bits per heavy atom. The fourth-order valence-electron chi connectivity index (χ4n) is 1.62. The number of likely N-dealkylation sites (N-methyl/N-ethyl adjacent to an activating group) is 2. The highest BCUT2D eigenvalue weighted by molar-refractivity contribution is 7.98. The van der Waals surface area contributed by atoms with Crippen LogP contribution >= 0.6 is 11.8 Å². The Hall–Kier alpha value is -0.510. The molecule has 3 heteroatoms. The van der Waals surface area contributed by atoms with Gasteiger partial charge in [0, 0.05) is 24.0 Å². The minimum absolute atomic E-state index is 0.476. The van der Waals surface area contributed by atoms with E-state index in [4.69, 9.17) is 0 Å². The molecule has 1 aromatic carbocycles. The predicted octanol–water partition coefficient (Wildman–Crippen LogP) is 2.62. The van der Waals surface area contributed by atoms with Crippen LogP contribution in [0.15, 0.2) is 29.2 Å². The van der Waals surface area contributed by atoms with Crippen LogP contribution in [0, 0.1) is 0 Å². The van der Waals surface area contributed by atoms with Crippen LogP contribution in [0.1, 0.15) is 18.5 Å². The molecule has 0 aliphatic carbocycles. The van der Waals surface area contributed by atoms with Crippen LogP contribution in [0.3, 0.4) is 0 Å². The number of nitrogens with zero attached hydrogens (tertiary/aromatic N) is 1.